The maximum atomic E-state index is 12.9. The fraction of sp³-hybridized carbons (Fsp3) is 0.368. The van der Waals surface area contributed by atoms with Gasteiger partial charge in [-0.1, -0.05) is 30.0 Å². The molecule has 2 amide bonds. The zero-order valence-corrected chi connectivity index (χ0v) is 22.8. The van der Waals surface area contributed by atoms with Crippen LogP contribution < -0.4 is 5.32 Å². The van der Waals surface area contributed by atoms with Crippen LogP contribution in [0, 0.1) is 0 Å². The molecule has 2 aromatic rings. The number of hydrogen-bond donors (Lipinski definition) is 4. The smallest absolute Gasteiger partial charge is 0.352 e. The van der Waals surface area contributed by atoms with E-state index in [4.69, 9.17) is 4.55 Å². The number of aromatic nitrogens is 4. The van der Waals surface area contributed by atoms with E-state index in [9.17, 15) is 40.9 Å². The predicted molar refractivity (Wildman–Crippen MR) is 135 cm³/mol. The molecule has 1 fully saturated rings. The molecule has 39 heavy (non-hydrogen) atoms. The Hall–Kier alpha value is -3.04. The summed E-state index contributed by atoms with van der Waals surface area (Å²) in [5.74, 6) is -3.09. The molecule has 4 rings (SSSR count). The Morgan fingerprint density at radius 1 is 1.18 bits per heavy atom. The second-order valence-electron chi connectivity index (χ2n) is 8.23. The lowest BCUT2D eigenvalue weighted by Gasteiger charge is -2.49. The maximum Gasteiger partial charge on any atom is 0.352 e. The van der Waals surface area contributed by atoms with Crippen LogP contribution in [0.2, 0.25) is 0 Å². The van der Waals surface area contributed by atoms with Crippen molar-refractivity contribution >= 4 is 61.5 Å². The molecule has 1 aromatic carbocycles. The van der Waals surface area contributed by atoms with Gasteiger partial charge in [0.05, 0.1) is 23.6 Å². The number of nitrogens with one attached hydrogen (secondary N) is 1. The summed E-state index contributed by atoms with van der Waals surface area (Å²) < 4.78 is 64.6. The normalized spacial score (nSPS) is 19.4. The molecule has 0 radical (unpaired) electrons. The SMILES string of the molecule is O=C(Cc1ccccc1S(=O)(=O)O)NC1C(=O)N2C(C(=O)O)=C(CSc3nnnn3CCS(=O)(=O)O)CSC12. The standard InChI is InChI=1S/C19H20N6O10S4/c26-13(7-10-3-1-2-4-12(10)39(33,34)35)20-14-16(27)25-15(18(28)29)11(8-36-17(14)25)9-37-19-21-22-23-24(19)5-6-38(30,31)32/h1-4,14,17H,5-9H2,(H,20,26)(H,28,29)(H,30,31,32)(H,33,34,35). The number of β-lactam (4-membered cyclic amide) rings is 1. The van der Waals surface area contributed by atoms with Crippen LogP contribution in [0.1, 0.15) is 5.56 Å². The Morgan fingerprint density at radius 3 is 2.56 bits per heavy atom. The number of amides is 2. The molecule has 2 aliphatic heterocycles. The van der Waals surface area contributed by atoms with Crippen molar-refractivity contribution in [1.29, 1.82) is 0 Å². The Bertz CT molecular complexity index is 1570. The van der Waals surface area contributed by atoms with Crippen molar-refractivity contribution < 1.29 is 45.4 Å². The summed E-state index contributed by atoms with van der Waals surface area (Å²) in [7, 11) is -8.82. The quantitative estimate of drug-likeness (QED) is 0.132. The third-order valence-corrected chi connectivity index (χ3v) is 9.64. The van der Waals surface area contributed by atoms with E-state index in [0.29, 0.717) is 5.57 Å². The Labute approximate surface area is 229 Å². The summed E-state index contributed by atoms with van der Waals surface area (Å²) in [5.41, 5.74) is 0.149. The highest BCUT2D eigenvalue weighted by Crippen LogP contribution is 2.41. The second kappa shape index (κ2) is 11.2. The van der Waals surface area contributed by atoms with Gasteiger partial charge in [0, 0.05) is 11.5 Å². The molecule has 210 valence electrons. The van der Waals surface area contributed by atoms with Gasteiger partial charge in [-0.15, -0.1) is 16.9 Å². The van der Waals surface area contributed by atoms with Crippen molar-refractivity contribution in [1.82, 2.24) is 30.4 Å². The molecule has 2 aliphatic rings. The van der Waals surface area contributed by atoms with E-state index >= 15 is 0 Å². The van der Waals surface area contributed by atoms with Crippen LogP contribution in [-0.4, -0.2) is 103 Å². The molecule has 4 N–H and O–H groups in total. The van der Waals surface area contributed by atoms with Gasteiger partial charge in [-0.3, -0.25) is 23.6 Å². The third-order valence-electron chi connectivity index (χ3n) is 5.60. The number of rotatable bonds is 11. The number of carboxylic acid groups (broad SMARTS) is 1. The number of benzene rings is 1. The molecule has 0 spiro atoms. The molecule has 2 atom stereocenters. The molecule has 0 aliphatic carbocycles. The lowest BCUT2D eigenvalue weighted by Crippen LogP contribution is -2.70. The summed E-state index contributed by atoms with van der Waals surface area (Å²) in [4.78, 5) is 38.2. The average molecular weight is 621 g/mol. The Kier molecular flexibility index (Phi) is 8.33. The highest BCUT2D eigenvalue weighted by molar-refractivity contribution is 8.01. The van der Waals surface area contributed by atoms with E-state index in [0.717, 1.165) is 27.4 Å². The first-order valence-electron chi connectivity index (χ1n) is 10.8. The van der Waals surface area contributed by atoms with Crippen LogP contribution in [0.4, 0.5) is 0 Å². The van der Waals surface area contributed by atoms with Crippen LogP contribution in [0.5, 0.6) is 0 Å². The number of carbonyl (C=O) groups is 3. The van der Waals surface area contributed by atoms with Crippen molar-refractivity contribution in [2.45, 2.75) is 34.4 Å². The van der Waals surface area contributed by atoms with E-state index in [1.165, 1.54) is 30.0 Å². The number of fused-ring (bicyclic) bond motifs is 1. The third kappa shape index (κ3) is 6.58. The maximum absolute atomic E-state index is 12.9. The van der Waals surface area contributed by atoms with Gasteiger partial charge in [0.2, 0.25) is 11.1 Å². The zero-order chi connectivity index (χ0) is 28.5. The van der Waals surface area contributed by atoms with Gasteiger partial charge in [0.15, 0.2) is 0 Å². The summed E-state index contributed by atoms with van der Waals surface area (Å²) in [6, 6.07) is 4.31. The van der Waals surface area contributed by atoms with Crippen molar-refractivity contribution in [2.24, 2.45) is 0 Å². The van der Waals surface area contributed by atoms with Crippen LogP contribution in [0.25, 0.3) is 0 Å². The molecule has 0 bridgehead atoms. The minimum Gasteiger partial charge on any atom is -0.477 e. The molecular formula is C19H20N6O10S4. The second-order valence-corrected chi connectivity index (χ2v) is 13.2. The molecule has 2 unspecified atom stereocenters. The monoisotopic (exact) mass is 620 g/mol. The number of carbonyl (C=O) groups excluding carboxylic acids is 2. The number of carboxylic acids is 1. The number of tetrazole rings is 1. The molecule has 1 saturated heterocycles. The lowest BCUT2D eigenvalue weighted by atomic mass is 10.0. The number of aliphatic carboxylic acids is 1. The highest BCUT2D eigenvalue weighted by Gasteiger charge is 2.54. The van der Waals surface area contributed by atoms with Crippen molar-refractivity contribution in [3.05, 3.63) is 41.1 Å². The number of aryl methyl sites for hydroxylation is 1. The van der Waals surface area contributed by atoms with Gasteiger partial charge >= 0.3 is 5.97 Å². The zero-order valence-electron chi connectivity index (χ0n) is 19.6. The van der Waals surface area contributed by atoms with Gasteiger partial charge in [-0.2, -0.15) is 16.8 Å². The van der Waals surface area contributed by atoms with Crippen molar-refractivity contribution in [3.63, 3.8) is 0 Å². The minimum absolute atomic E-state index is 0.0294. The van der Waals surface area contributed by atoms with Gasteiger partial charge in [-0.25, -0.2) is 9.48 Å². The first kappa shape index (κ1) is 29.0. The highest BCUT2D eigenvalue weighted by atomic mass is 32.2. The minimum atomic E-state index is -4.57. The molecule has 16 nitrogen and oxygen atoms in total. The van der Waals surface area contributed by atoms with Gasteiger partial charge in [-0.05, 0) is 27.6 Å². The summed E-state index contributed by atoms with van der Waals surface area (Å²) in [6.45, 7) is -0.226. The van der Waals surface area contributed by atoms with Gasteiger partial charge < -0.3 is 10.4 Å². The molecule has 1 aromatic heterocycles. The number of thioether (sulfide) groups is 2. The van der Waals surface area contributed by atoms with E-state index in [1.807, 2.05) is 0 Å². The predicted octanol–water partition coefficient (Wildman–Crippen LogP) is -1.12. The number of nitrogens with zero attached hydrogens (tertiary/aromatic N) is 5. The van der Waals surface area contributed by atoms with Gasteiger partial charge in [0.1, 0.15) is 17.1 Å². The lowest BCUT2D eigenvalue weighted by molar-refractivity contribution is -0.150. The van der Waals surface area contributed by atoms with Crippen LogP contribution in [0.15, 0.2) is 45.6 Å². The first-order chi connectivity index (χ1) is 18.3. The van der Waals surface area contributed by atoms with E-state index in [2.05, 4.69) is 20.8 Å². The van der Waals surface area contributed by atoms with Crippen LogP contribution in [0.3, 0.4) is 0 Å². The van der Waals surface area contributed by atoms with Gasteiger partial charge in [0.25, 0.3) is 26.1 Å². The topological polar surface area (TPSA) is 239 Å². The van der Waals surface area contributed by atoms with Crippen molar-refractivity contribution in [3.8, 4) is 0 Å². The Morgan fingerprint density at radius 2 is 1.90 bits per heavy atom. The summed E-state index contributed by atoms with van der Waals surface area (Å²) >= 11 is 2.23. The van der Waals surface area contributed by atoms with E-state index in [-0.39, 0.29) is 34.5 Å². The van der Waals surface area contributed by atoms with Crippen molar-refractivity contribution in [2.75, 3.05) is 17.3 Å². The molecular weight excluding hydrogens is 601 g/mol. The average Bonchev–Trinajstić information content (AvgIpc) is 3.30. The molecule has 3 heterocycles. The van der Waals surface area contributed by atoms with E-state index < -0.39 is 66.5 Å². The first-order valence-corrected chi connectivity index (χ1v) is 15.9. The fourth-order valence-corrected chi connectivity index (χ4v) is 7.40. The van der Waals surface area contributed by atoms with E-state index in [1.54, 1.807) is 0 Å². The van der Waals surface area contributed by atoms with Crippen LogP contribution in [-0.2, 0) is 47.6 Å². The molecule has 20 heteroatoms. The fourth-order valence-electron chi connectivity index (χ4n) is 3.89. The summed E-state index contributed by atoms with van der Waals surface area (Å²) in [6.07, 6.45) is -0.438. The summed E-state index contributed by atoms with van der Waals surface area (Å²) in [5, 5.41) is 22.7. The largest absolute Gasteiger partial charge is 0.477 e. The molecule has 0 saturated carbocycles. The van der Waals surface area contributed by atoms with Crippen LogP contribution >= 0.6 is 23.5 Å². The number of hydrogen-bond acceptors (Lipinski definition) is 12. The Balaban J connectivity index is 1.43.